The fraction of sp³-hybridized carbons (Fsp3) is 0.833. The molecule has 7 nitrogen and oxygen atoms in total. The summed E-state index contributed by atoms with van der Waals surface area (Å²) in [6.07, 6.45) is -3.25. The Morgan fingerprint density at radius 2 is 1.67 bits per heavy atom. The van der Waals surface area contributed by atoms with Crippen LogP contribution in [0.25, 0.3) is 0 Å². The maximum Gasteiger partial charge on any atom is 1.00 e. The van der Waals surface area contributed by atoms with Gasteiger partial charge in [0.1, 0.15) is 6.10 Å². The van der Waals surface area contributed by atoms with Crippen molar-refractivity contribution in [1.82, 2.24) is 0 Å². The third kappa shape index (κ3) is 6.59. The van der Waals surface area contributed by atoms with E-state index in [0.717, 1.165) is 0 Å². The van der Waals surface area contributed by atoms with Crippen molar-refractivity contribution < 1.29 is 61.9 Å². The van der Waals surface area contributed by atoms with Crippen molar-refractivity contribution in [2.24, 2.45) is 0 Å². The van der Waals surface area contributed by atoms with Crippen LogP contribution in [0, 0.1) is 6.92 Å². The fourth-order valence-corrected chi connectivity index (χ4v) is 0.909. The molecule has 2 N–H and O–H groups in total. The second-order valence-corrected chi connectivity index (χ2v) is 2.87. The molecule has 1 heterocycles. The van der Waals surface area contributed by atoms with Gasteiger partial charge in [-0.2, -0.15) is 0 Å². The summed E-state index contributed by atoms with van der Waals surface area (Å²) in [5.74, 6) is 0. The molecule has 0 saturated carbocycles. The fourth-order valence-electron chi connectivity index (χ4n) is 0.909. The molecule has 0 aromatic heterocycles. The minimum atomic E-state index is -3.11. The monoisotopic (exact) mass is 250 g/mol. The molecule has 0 bridgehead atoms. The van der Waals surface area contributed by atoms with Gasteiger partial charge in [0.05, 0.1) is 6.10 Å². The molecule has 4 atom stereocenters. The molecule has 84 valence electrons. The molecule has 0 radical (unpaired) electrons. The number of hydrogen-bond donors (Lipinski definition) is 2. The molecule has 0 spiro atoms. The van der Waals surface area contributed by atoms with Crippen LogP contribution >= 0.6 is 0 Å². The van der Waals surface area contributed by atoms with Gasteiger partial charge >= 0.3 is 40.2 Å². The minimum Gasteiger partial charge on any atom is -0.390 e. The molecule has 15 heavy (non-hydrogen) atoms. The van der Waals surface area contributed by atoms with E-state index < -0.39 is 35.2 Å². The number of ether oxygens (including phenoxy) is 2. The Morgan fingerprint density at radius 1 is 1.27 bits per heavy atom. The summed E-state index contributed by atoms with van der Waals surface area (Å²) in [5, 5.41) is 18.1. The van der Waals surface area contributed by atoms with E-state index in [4.69, 9.17) is 32.3 Å². The van der Waals surface area contributed by atoms with E-state index in [9.17, 15) is 0 Å². The van der Waals surface area contributed by atoms with Crippen LogP contribution in [0.3, 0.4) is 0 Å². The van der Waals surface area contributed by atoms with Gasteiger partial charge in [-0.05, 0) is 6.10 Å². The summed E-state index contributed by atoms with van der Waals surface area (Å²) in [4.78, 5) is 0. The van der Waals surface area contributed by atoms with Crippen LogP contribution < -0.4 is 29.6 Å². The summed E-state index contributed by atoms with van der Waals surface area (Å²) in [6.45, 7) is 3.45. The van der Waals surface area contributed by atoms with E-state index in [1.165, 1.54) is 7.11 Å². The van der Waals surface area contributed by atoms with E-state index in [2.05, 4.69) is 6.92 Å². The first-order chi connectivity index (χ1) is 6.40. The van der Waals surface area contributed by atoms with Crippen LogP contribution in [0.15, 0.2) is 0 Å². The van der Waals surface area contributed by atoms with Crippen molar-refractivity contribution in [3.8, 4) is 0 Å². The van der Waals surface area contributed by atoms with Crippen LogP contribution in [0.4, 0.5) is 0 Å². The summed E-state index contributed by atoms with van der Waals surface area (Å²) in [5.41, 5.74) is 0. The maximum atomic E-state index is 9.09. The van der Waals surface area contributed by atoms with Crippen molar-refractivity contribution >= 4 is 10.6 Å². The first-order valence-electron chi connectivity index (χ1n) is 3.54. The summed E-state index contributed by atoms with van der Waals surface area (Å²) in [6, 6.07) is 0. The molecular weight excluding hydrogens is 239 g/mol. The van der Waals surface area contributed by atoms with Crippen LogP contribution in [0.5, 0.6) is 0 Å². The molecule has 0 amide bonds. The molecule has 1 aliphatic rings. The first-order valence-corrected chi connectivity index (χ1v) is 4.54. The van der Waals surface area contributed by atoms with Gasteiger partial charge in [-0.15, -0.1) is 12.6 Å². The van der Waals surface area contributed by atoms with E-state index in [-0.39, 0.29) is 29.6 Å². The topological polar surface area (TPSA) is 110 Å². The smallest absolute Gasteiger partial charge is 0.390 e. The van der Waals surface area contributed by atoms with Gasteiger partial charge in [0, 0.05) is 7.11 Å². The Balaban J connectivity index is 0. The zero-order chi connectivity index (χ0) is 11.3. The largest absolute Gasteiger partial charge is 1.00 e. The van der Waals surface area contributed by atoms with E-state index in [1.807, 2.05) is 0 Å². The third-order valence-electron chi connectivity index (χ3n) is 1.55. The van der Waals surface area contributed by atoms with E-state index in [1.54, 1.807) is 0 Å². The van der Waals surface area contributed by atoms with Gasteiger partial charge in [-0.25, -0.2) is 0 Å². The SMILES string of the molecule is O=S(=O)=O.[CH2-]C1OC(OC)C(O)C1O.[Na+]. The Bertz CT molecular complexity index is 257. The number of aliphatic hydroxyl groups is 2. The molecular formula is C6H11NaO7S. The van der Waals surface area contributed by atoms with Crippen LogP contribution in [-0.2, 0) is 20.1 Å². The molecule has 1 rings (SSSR count). The number of hydrogen-bond acceptors (Lipinski definition) is 7. The predicted octanol–water partition coefficient (Wildman–Crippen LogP) is -5.09. The third-order valence-corrected chi connectivity index (χ3v) is 1.55. The van der Waals surface area contributed by atoms with Crippen LogP contribution in [-0.4, -0.2) is 54.6 Å². The average molecular weight is 250 g/mol. The molecule has 4 unspecified atom stereocenters. The van der Waals surface area contributed by atoms with E-state index in [0.29, 0.717) is 0 Å². The van der Waals surface area contributed by atoms with Gasteiger partial charge in [-0.3, -0.25) is 0 Å². The molecule has 1 saturated heterocycles. The van der Waals surface area contributed by atoms with Crippen LogP contribution in [0.1, 0.15) is 0 Å². The van der Waals surface area contributed by atoms with Crippen molar-refractivity contribution in [3.05, 3.63) is 6.92 Å². The molecule has 0 aromatic rings. The second kappa shape index (κ2) is 8.59. The van der Waals surface area contributed by atoms with Crippen LogP contribution in [0.2, 0.25) is 0 Å². The Morgan fingerprint density at radius 3 is 1.80 bits per heavy atom. The Labute approximate surface area is 111 Å². The average Bonchev–Trinajstić information content (AvgIpc) is 2.31. The first kappa shape index (κ1) is 17.8. The zero-order valence-corrected chi connectivity index (χ0v) is 11.2. The zero-order valence-electron chi connectivity index (χ0n) is 8.36. The second-order valence-electron chi connectivity index (χ2n) is 2.46. The molecule has 1 aliphatic heterocycles. The molecule has 1 fully saturated rings. The minimum absolute atomic E-state index is 0. The molecule has 9 heteroatoms. The summed E-state index contributed by atoms with van der Waals surface area (Å²) >= 11 is 0. The number of methoxy groups -OCH3 is 1. The Kier molecular flexibility index (Phi) is 10.2. The predicted molar refractivity (Wildman–Crippen MR) is 42.7 cm³/mol. The summed E-state index contributed by atoms with van der Waals surface area (Å²) in [7, 11) is -1.71. The van der Waals surface area contributed by atoms with Crippen molar-refractivity contribution in [2.45, 2.75) is 24.6 Å². The van der Waals surface area contributed by atoms with E-state index >= 15 is 0 Å². The standard InChI is InChI=1S/C6H11O4.Na.O3S/c1-3-4(7)5(8)6(9-2)10-3;;1-4(2)3/h3-8H,1H2,2H3;;/q-1;+1;. The van der Waals surface area contributed by atoms with Crippen molar-refractivity contribution in [1.29, 1.82) is 0 Å². The summed E-state index contributed by atoms with van der Waals surface area (Å²) < 4.78 is 34.9. The van der Waals surface area contributed by atoms with Gasteiger partial charge in [0.25, 0.3) is 0 Å². The normalized spacial score (nSPS) is 33.6. The Hall–Kier alpha value is 0.460. The maximum absolute atomic E-state index is 9.09. The molecule has 0 aromatic carbocycles. The van der Waals surface area contributed by atoms with Gasteiger partial charge in [0.15, 0.2) is 6.29 Å². The van der Waals surface area contributed by atoms with Gasteiger partial charge < -0.3 is 26.6 Å². The number of aliphatic hydroxyl groups excluding tert-OH is 2. The van der Waals surface area contributed by atoms with Gasteiger partial charge in [-0.1, -0.05) is 0 Å². The molecule has 0 aliphatic carbocycles. The number of rotatable bonds is 1. The quantitative estimate of drug-likeness (QED) is 0.354. The van der Waals surface area contributed by atoms with Crippen molar-refractivity contribution in [3.63, 3.8) is 0 Å². The van der Waals surface area contributed by atoms with Crippen molar-refractivity contribution in [2.75, 3.05) is 7.11 Å². The van der Waals surface area contributed by atoms with Gasteiger partial charge in [0.2, 0.25) is 0 Å².